The van der Waals surface area contributed by atoms with E-state index in [2.05, 4.69) is 39.5 Å². The number of likely N-dealkylation sites (tertiary alicyclic amines) is 1. The molecule has 0 atom stereocenters. The van der Waals surface area contributed by atoms with Crippen LogP contribution in [0.25, 0.3) is 0 Å². The molecule has 0 unspecified atom stereocenters. The smallest absolute Gasteiger partial charge is 0.309 e. The first-order valence-electron chi connectivity index (χ1n) is 8.90. The Kier molecular flexibility index (Phi) is 10.5. The molecule has 1 saturated heterocycles. The molecule has 1 aliphatic heterocycles. The lowest BCUT2D eigenvalue weighted by Crippen LogP contribution is -2.47. The maximum absolute atomic E-state index is 11.8. The monoisotopic (exact) mass is 459 g/mol. The van der Waals surface area contributed by atoms with Gasteiger partial charge in [-0.05, 0) is 38.2 Å². The molecular formula is C19H30IN3O2. The number of aliphatic imine (C=N–C) groups is 1. The Morgan fingerprint density at radius 3 is 2.56 bits per heavy atom. The summed E-state index contributed by atoms with van der Waals surface area (Å²) in [5.74, 6) is 0.922. The summed E-state index contributed by atoms with van der Waals surface area (Å²) in [5.41, 5.74) is 1.37. The highest BCUT2D eigenvalue weighted by Gasteiger charge is 2.27. The summed E-state index contributed by atoms with van der Waals surface area (Å²) in [4.78, 5) is 18.4. The highest BCUT2D eigenvalue weighted by molar-refractivity contribution is 14.0. The fraction of sp³-hybridized carbons (Fsp3) is 0.579. The number of carbonyl (C=O) groups is 1. The lowest BCUT2D eigenvalue weighted by Gasteiger charge is -2.33. The quantitative estimate of drug-likeness (QED) is 0.234. The zero-order chi connectivity index (χ0) is 17.2. The Bertz CT molecular complexity index is 529. The summed E-state index contributed by atoms with van der Waals surface area (Å²) in [6, 6.07) is 10.5. The van der Waals surface area contributed by atoms with Crippen LogP contribution in [0, 0.1) is 5.92 Å². The molecule has 1 fully saturated rings. The Balaban J connectivity index is 0.00000312. The summed E-state index contributed by atoms with van der Waals surface area (Å²) in [6.07, 6.45) is 3.81. The summed E-state index contributed by atoms with van der Waals surface area (Å²) in [5, 5.41) is 3.44. The van der Waals surface area contributed by atoms with Crippen LogP contribution in [0.4, 0.5) is 0 Å². The van der Waals surface area contributed by atoms with Gasteiger partial charge in [0.2, 0.25) is 0 Å². The SMILES string of the molecule is CCOC(=O)C1CCN(C(=NC)NCCCc2ccccc2)CC1.I. The van der Waals surface area contributed by atoms with E-state index < -0.39 is 0 Å². The number of hydrogen-bond acceptors (Lipinski definition) is 3. The topological polar surface area (TPSA) is 53.9 Å². The molecule has 6 heteroatoms. The molecule has 0 radical (unpaired) electrons. The van der Waals surface area contributed by atoms with E-state index in [1.165, 1.54) is 5.56 Å². The Labute approximate surface area is 168 Å². The molecule has 0 aliphatic carbocycles. The van der Waals surface area contributed by atoms with Crippen molar-refractivity contribution < 1.29 is 9.53 Å². The van der Waals surface area contributed by atoms with Crippen molar-refractivity contribution in [3.05, 3.63) is 35.9 Å². The minimum atomic E-state index is -0.0528. The molecule has 1 aromatic rings. The number of piperidine rings is 1. The van der Waals surface area contributed by atoms with Gasteiger partial charge in [-0.25, -0.2) is 0 Å². The lowest BCUT2D eigenvalue weighted by atomic mass is 9.97. The van der Waals surface area contributed by atoms with Crippen LogP contribution in [0.2, 0.25) is 0 Å². The molecule has 25 heavy (non-hydrogen) atoms. The van der Waals surface area contributed by atoms with Gasteiger partial charge in [-0.2, -0.15) is 0 Å². The molecule has 1 heterocycles. The Morgan fingerprint density at radius 2 is 1.96 bits per heavy atom. The van der Waals surface area contributed by atoms with Gasteiger partial charge in [0.25, 0.3) is 0 Å². The fourth-order valence-electron chi connectivity index (χ4n) is 3.06. The van der Waals surface area contributed by atoms with Gasteiger partial charge in [-0.1, -0.05) is 30.3 Å². The Hall–Kier alpha value is -1.31. The van der Waals surface area contributed by atoms with Gasteiger partial charge in [0.1, 0.15) is 0 Å². The van der Waals surface area contributed by atoms with Crippen molar-refractivity contribution in [1.29, 1.82) is 0 Å². The molecular weight excluding hydrogens is 429 g/mol. The van der Waals surface area contributed by atoms with Crippen molar-refractivity contribution in [1.82, 2.24) is 10.2 Å². The zero-order valence-electron chi connectivity index (χ0n) is 15.2. The van der Waals surface area contributed by atoms with E-state index in [4.69, 9.17) is 4.74 Å². The number of aryl methyl sites for hydroxylation is 1. The van der Waals surface area contributed by atoms with Gasteiger partial charge < -0.3 is 15.0 Å². The van der Waals surface area contributed by atoms with Crippen molar-refractivity contribution in [2.45, 2.75) is 32.6 Å². The molecule has 140 valence electrons. The van der Waals surface area contributed by atoms with Crippen LogP contribution in [-0.4, -0.2) is 50.1 Å². The number of hydrogen-bond donors (Lipinski definition) is 1. The number of nitrogens with zero attached hydrogens (tertiary/aromatic N) is 2. The number of esters is 1. The number of guanidine groups is 1. The predicted molar refractivity (Wildman–Crippen MR) is 112 cm³/mol. The minimum Gasteiger partial charge on any atom is -0.466 e. The average Bonchev–Trinajstić information content (AvgIpc) is 2.63. The van der Waals surface area contributed by atoms with Crippen LogP contribution >= 0.6 is 24.0 Å². The van der Waals surface area contributed by atoms with Gasteiger partial charge >= 0.3 is 5.97 Å². The summed E-state index contributed by atoms with van der Waals surface area (Å²) < 4.78 is 5.12. The van der Waals surface area contributed by atoms with Crippen LogP contribution in [0.3, 0.4) is 0 Å². The molecule has 0 amide bonds. The van der Waals surface area contributed by atoms with Gasteiger partial charge in [-0.15, -0.1) is 24.0 Å². The van der Waals surface area contributed by atoms with Crippen LogP contribution in [-0.2, 0) is 16.0 Å². The van der Waals surface area contributed by atoms with E-state index in [1.807, 2.05) is 20.0 Å². The normalized spacial score (nSPS) is 15.4. The van der Waals surface area contributed by atoms with Gasteiger partial charge in [0.05, 0.1) is 12.5 Å². The first-order valence-corrected chi connectivity index (χ1v) is 8.90. The first-order chi connectivity index (χ1) is 11.7. The number of halogens is 1. The van der Waals surface area contributed by atoms with Gasteiger partial charge in [0, 0.05) is 26.7 Å². The maximum Gasteiger partial charge on any atom is 0.309 e. The number of benzene rings is 1. The van der Waals surface area contributed by atoms with E-state index in [0.29, 0.717) is 6.61 Å². The largest absolute Gasteiger partial charge is 0.466 e. The predicted octanol–water partition coefficient (Wildman–Crippen LogP) is 3.09. The molecule has 2 rings (SSSR count). The van der Waals surface area contributed by atoms with E-state index >= 15 is 0 Å². The third kappa shape index (κ3) is 7.22. The van der Waals surface area contributed by atoms with Gasteiger partial charge in [0.15, 0.2) is 5.96 Å². The van der Waals surface area contributed by atoms with Crippen molar-refractivity contribution in [3.63, 3.8) is 0 Å². The molecule has 1 aromatic carbocycles. The molecule has 0 spiro atoms. The van der Waals surface area contributed by atoms with Gasteiger partial charge in [-0.3, -0.25) is 9.79 Å². The second-order valence-electron chi connectivity index (χ2n) is 6.08. The van der Waals surface area contributed by atoms with Crippen LogP contribution < -0.4 is 5.32 Å². The highest BCUT2D eigenvalue weighted by Crippen LogP contribution is 2.18. The van der Waals surface area contributed by atoms with E-state index in [9.17, 15) is 4.79 Å². The molecule has 1 N–H and O–H groups in total. The summed E-state index contributed by atoms with van der Waals surface area (Å²) in [6.45, 7) is 4.92. The van der Waals surface area contributed by atoms with Crippen molar-refractivity contribution in [2.75, 3.05) is 33.3 Å². The van der Waals surface area contributed by atoms with Crippen molar-refractivity contribution in [3.8, 4) is 0 Å². The van der Waals surface area contributed by atoms with Crippen LogP contribution in [0.1, 0.15) is 31.7 Å². The number of nitrogens with one attached hydrogen (secondary N) is 1. The summed E-state index contributed by atoms with van der Waals surface area (Å²) >= 11 is 0. The zero-order valence-corrected chi connectivity index (χ0v) is 17.6. The minimum absolute atomic E-state index is 0. The second kappa shape index (κ2) is 12.1. The van der Waals surface area contributed by atoms with E-state index in [-0.39, 0.29) is 35.9 Å². The molecule has 0 saturated carbocycles. The third-order valence-corrected chi connectivity index (χ3v) is 4.39. The highest BCUT2D eigenvalue weighted by atomic mass is 127. The number of rotatable bonds is 6. The van der Waals surface area contributed by atoms with E-state index in [1.54, 1.807) is 0 Å². The summed E-state index contributed by atoms with van der Waals surface area (Å²) in [7, 11) is 1.82. The fourth-order valence-corrected chi connectivity index (χ4v) is 3.06. The number of ether oxygens (including phenoxy) is 1. The van der Waals surface area contributed by atoms with Crippen LogP contribution in [0.5, 0.6) is 0 Å². The van der Waals surface area contributed by atoms with Crippen molar-refractivity contribution >= 4 is 35.9 Å². The third-order valence-electron chi connectivity index (χ3n) is 4.39. The molecule has 5 nitrogen and oxygen atoms in total. The van der Waals surface area contributed by atoms with Crippen molar-refractivity contribution in [2.24, 2.45) is 10.9 Å². The maximum atomic E-state index is 11.8. The second-order valence-corrected chi connectivity index (χ2v) is 6.08. The first kappa shape index (κ1) is 21.7. The molecule has 0 bridgehead atoms. The standard InChI is InChI=1S/C19H29N3O2.HI/c1-3-24-18(23)17-11-14-22(15-12-17)19(20-2)21-13-7-10-16-8-5-4-6-9-16;/h4-6,8-9,17H,3,7,10-15H2,1-2H3,(H,20,21);1H. The van der Waals surface area contributed by atoms with E-state index in [0.717, 1.165) is 51.3 Å². The lowest BCUT2D eigenvalue weighted by molar-refractivity contribution is -0.149. The molecule has 0 aromatic heterocycles. The number of carbonyl (C=O) groups excluding carboxylic acids is 1. The average molecular weight is 459 g/mol. The van der Waals surface area contributed by atoms with Crippen LogP contribution in [0.15, 0.2) is 35.3 Å². The molecule has 1 aliphatic rings. The Morgan fingerprint density at radius 1 is 1.28 bits per heavy atom.